The van der Waals surface area contributed by atoms with Crippen LogP contribution in [0.1, 0.15) is 5.56 Å². The summed E-state index contributed by atoms with van der Waals surface area (Å²) in [5.74, 6) is -2.76. The number of aromatic nitrogens is 1. The van der Waals surface area contributed by atoms with Gasteiger partial charge in [0, 0.05) is 6.07 Å². The van der Waals surface area contributed by atoms with Gasteiger partial charge in [-0.1, -0.05) is 11.6 Å². The normalized spacial score (nSPS) is 10.1. The summed E-state index contributed by atoms with van der Waals surface area (Å²) in [7, 11) is 0. The standard InChI is InChI=1S/C12H5ClF3N3/c13-11-6(5-17)3-9(16)12(19-11)18-10-4-7(14)1-2-8(10)15/h1-4H,(H,18,19). The number of hydrogen-bond acceptors (Lipinski definition) is 3. The van der Waals surface area contributed by atoms with Crippen molar-refractivity contribution in [2.75, 3.05) is 5.32 Å². The van der Waals surface area contributed by atoms with Gasteiger partial charge in [0.15, 0.2) is 11.6 Å². The molecule has 1 aromatic carbocycles. The topological polar surface area (TPSA) is 48.7 Å². The number of benzene rings is 1. The van der Waals surface area contributed by atoms with Gasteiger partial charge in [-0.05, 0) is 18.2 Å². The van der Waals surface area contributed by atoms with Crippen LogP contribution in [0.2, 0.25) is 5.15 Å². The first-order chi connectivity index (χ1) is 9.01. The van der Waals surface area contributed by atoms with Crippen LogP contribution >= 0.6 is 11.6 Å². The predicted molar refractivity (Wildman–Crippen MR) is 63.6 cm³/mol. The molecular formula is C12H5ClF3N3. The van der Waals surface area contributed by atoms with Gasteiger partial charge in [0.1, 0.15) is 22.9 Å². The molecule has 0 unspecified atom stereocenters. The smallest absolute Gasteiger partial charge is 0.168 e. The molecule has 7 heteroatoms. The molecule has 0 aliphatic carbocycles. The van der Waals surface area contributed by atoms with Gasteiger partial charge in [0.05, 0.1) is 11.3 Å². The molecule has 0 aliphatic heterocycles. The molecule has 2 aromatic rings. The predicted octanol–water partition coefficient (Wildman–Crippen LogP) is 3.77. The average molecular weight is 284 g/mol. The van der Waals surface area contributed by atoms with E-state index in [0.717, 1.165) is 24.3 Å². The van der Waals surface area contributed by atoms with Crippen molar-refractivity contribution in [1.29, 1.82) is 5.26 Å². The lowest BCUT2D eigenvalue weighted by molar-refractivity contribution is 0.602. The summed E-state index contributed by atoms with van der Waals surface area (Å²) in [6, 6.07) is 5.17. The van der Waals surface area contributed by atoms with E-state index in [-0.39, 0.29) is 16.4 Å². The molecule has 3 nitrogen and oxygen atoms in total. The first kappa shape index (κ1) is 13.2. The van der Waals surface area contributed by atoms with Gasteiger partial charge >= 0.3 is 0 Å². The summed E-state index contributed by atoms with van der Waals surface area (Å²) in [4.78, 5) is 3.58. The van der Waals surface area contributed by atoms with Crippen LogP contribution in [0.5, 0.6) is 0 Å². The van der Waals surface area contributed by atoms with Crippen molar-refractivity contribution >= 4 is 23.1 Å². The summed E-state index contributed by atoms with van der Waals surface area (Å²) in [6.07, 6.45) is 0. The minimum atomic E-state index is -0.899. The number of halogens is 4. The molecule has 0 bridgehead atoms. The Bertz CT molecular complexity index is 683. The zero-order valence-electron chi connectivity index (χ0n) is 9.22. The number of nitrogens with one attached hydrogen (secondary N) is 1. The molecule has 1 N–H and O–H groups in total. The highest BCUT2D eigenvalue weighted by atomic mass is 35.5. The van der Waals surface area contributed by atoms with Crippen LogP contribution in [-0.4, -0.2) is 4.98 Å². The second kappa shape index (κ2) is 5.16. The molecule has 1 aromatic heterocycles. The lowest BCUT2D eigenvalue weighted by Gasteiger charge is -2.08. The molecule has 0 amide bonds. The Hall–Kier alpha value is -2.26. The second-order valence-electron chi connectivity index (χ2n) is 3.52. The summed E-state index contributed by atoms with van der Waals surface area (Å²) in [5, 5.41) is 10.7. The highest BCUT2D eigenvalue weighted by Gasteiger charge is 2.12. The molecule has 0 saturated heterocycles. The van der Waals surface area contributed by atoms with Gasteiger partial charge in [0.25, 0.3) is 0 Å². The second-order valence-corrected chi connectivity index (χ2v) is 3.88. The van der Waals surface area contributed by atoms with Crippen LogP contribution < -0.4 is 5.32 Å². The van der Waals surface area contributed by atoms with Crippen molar-refractivity contribution in [1.82, 2.24) is 4.98 Å². The van der Waals surface area contributed by atoms with Gasteiger partial charge in [-0.25, -0.2) is 18.2 Å². The van der Waals surface area contributed by atoms with Gasteiger partial charge in [-0.15, -0.1) is 0 Å². The largest absolute Gasteiger partial charge is 0.335 e. The highest BCUT2D eigenvalue weighted by Crippen LogP contribution is 2.24. The molecule has 0 saturated carbocycles. The van der Waals surface area contributed by atoms with E-state index >= 15 is 0 Å². The van der Waals surface area contributed by atoms with Crippen LogP contribution in [0, 0.1) is 28.8 Å². The Balaban J connectivity index is 2.42. The first-order valence-corrected chi connectivity index (χ1v) is 5.37. The average Bonchev–Trinajstić information content (AvgIpc) is 2.37. The fourth-order valence-electron chi connectivity index (χ4n) is 1.35. The molecule has 0 radical (unpaired) electrons. The zero-order valence-corrected chi connectivity index (χ0v) is 9.97. The SMILES string of the molecule is N#Cc1cc(F)c(Nc2cc(F)ccc2F)nc1Cl. The molecule has 0 fully saturated rings. The van der Waals surface area contributed by atoms with Crippen molar-refractivity contribution in [2.45, 2.75) is 0 Å². The van der Waals surface area contributed by atoms with Crippen LogP contribution in [0.3, 0.4) is 0 Å². The maximum atomic E-state index is 13.6. The maximum absolute atomic E-state index is 13.6. The molecule has 0 aliphatic rings. The number of hydrogen-bond donors (Lipinski definition) is 1. The molecule has 1 heterocycles. The number of anilines is 2. The van der Waals surface area contributed by atoms with Crippen molar-refractivity contribution in [3.63, 3.8) is 0 Å². The Morgan fingerprint density at radius 2 is 1.89 bits per heavy atom. The Morgan fingerprint density at radius 3 is 2.58 bits per heavy atom. The van der Waals surface area contributed by atoms with E-state index in [0.29, 0.717) is 0 Å². The zero-order chi connectivity index (χ0) is 14.0. The lowest BCUT2D eigenvalue weighted by atomic mass is 10.2. The monoisotopic (exact) mass is 283 g/mol. The van der Waals surface area contributed by atoms with E-state index in [1.807, 2.05) is 0 Å². The third-order valence-electron chi connectivity index (χ3n) is 2.23. The molecule has 2 rings (SSSR count). The molecular weight excluding hydrogens is 279 g/mol. The number of nitriles is 1. The first-order valence-electron chi connectivity index (χ1n) is 4.99. The van der Waals surface area contributed by atoms with E-state index in [1.54, 1.807) is 6.07 Å². The van der Waals surface area contributed by atoms with Crippen molar-refractivity contribution in [3.05, 3.63) is 52.4 Å². The van der Waals surface area contributed by atoms with Crippen molar-refractivity contribution < 1.29 is 13.2 Å². The van der Waals surface area contributed by atoms with E-state index in [2.05, 4.69) is 10.3 Å². The Morgan fingerprint density at radius 1 is 1.16 bits per heavy atom. The Kier molecular flexibility index (Phi) is 3.58. The summed E-state index contributed by atoms with van der Waals surface area (Å²) < 4.78 is 39.9. The quantitative estimate of drug-likeness (QED) is 0.854. The van der Waals surface area contributed by atoms with Crippen LogP contribution in [0.4, 0.5) is 24.7 Å². The Labute approximate surface area is 111 Å². The molecule has 19 heavy (non-hydrogen) atoms. The van der Waals surface area contributed by atoms with Gasteiger partial charge in [-0.2, -0.15) is 5.26 Å². The fraction of sp³-hybridized carbons (Fsp3) is 0. The van der Waals surface area contributed by atoms with Gasteiger partial charge in [0.2, 0.25) is 0 Å². The number of pyridine rings is 1. The summed E-state index contributed by atoms with van der Waals surface area (Å²) in [5.41, 5.74) is -0.434. The summed E-state index contributed by atoms with van der Waals surface area (Å²) in [6.45, 7) is 0. The van der Waals surface area contributed by atoms with Gasteiger partial charge < -0.3 is 5.32 Å². The molecule has 96 valence electrons. The van der Waals surface area contributed by atoms with Crippen molar-refractivity contribution in [3.8, 4) is 6.07 Å². The van der Waals surface area contributed by atoms with E-state index in [1.165, 1.54) is 0 Å². The van der Waals surface area contributed by atoms with Crippen LogP contribution in [0.25, 0.3) is 0 Å². The third-order valence-corrected chi connectivity index (χ3v) is 2.52. The minimum Gasteiger partial charge on any atom is -0.335 e. The maximum Gasteiger partial charge on any atom is 0.168 e. The van der Waals surface area contributed by atoms with Crippen LogP contribution in [-0.2, 0) is 0 Å². The van der Waals surface area contributed by atoms with E-state index in [9.17, 15) is 13.2 Å². The molecule has 0 spiro atoms. The third kappa shape index (κ3) is 2.77. The lowest BCUT2D eigenvalue weighted by Crippen LogP contribution is -2.01. The van der Waals surface area contributed by atoms with E-state index in [4.69, 9.17) is 16.9 Å². The molecule has 0 atom stereocenters. The number of nitrogens with zero attached hydrogens (tertiary/aromatic N) is 2. The van der Waals surface area contributed by atoms with Gasteiger partial charge in [-0.3, -0.25) is 0 Å². The minimum absolute atomic E-state index is 0.149. The summed E-state index contributed by atoms with van der Waals surface area (Å²) >= 11 is 5.63. The van der Waals surface area contributed by atoms with Crippen LogP contribution in [0.15, 0.2) is 24.3 Å². The van der Waals surface area contributed by atoms with Crippen molar-refractivity contribution in [2.24, 2.45) is 0 Å². The van der Waals surface area contributed by atoms with E-state index < -0.39 is 23.3 Å². The number of rotatable bonds is 2. The highest BCUT2D eigenvalue weighted by molar-refractivity contribution is 6.30. The fourth-order valence-corrected chi connectivity index (χ4v) is 1.53.